The van der Waals surface area contributed by atoms with Gasteiger partial charge in [0.25, 0.3) is 0 Å². The Morgan fingerprint density at radius 2 is 2.45 bits per heavy atom. The van der Waals surface area contributed by atoms with E-state index in [4.69, 9.17) is 9.84 Å². The third-order valence-corrected chi connectivity index (χ3v) is 1.82. The van der Waals surface area contributed by atoms with Crippen LogP contribution in [-0.4, -0.2) is 24.4 Å². The van der Waals surface area contributed by atoms with Crippen LogP contribution in [0.3, 0.4) is 0 Å². The number of allylic oxidation sites excluding steroid dienone is 1. The number of hydrogen-bond donors (Lipinski definition) is 1. The predicted octanol–water partition coefficient (Wildman–Crippen LogP) is 1.35. The first-order valence-corrected chi connectivity index (χ1v) is 4.27. The van der Waals surface area contributed by atoms with E-state index in [0.717, 1.165) is 12.8 Å². The number of ether oxygens (including phenoxy) is 1. The van der Waals surface area contributed by atoms with Gasteiger partial charge in [-0.15, -0.1) is 0 Å². The second-order valence-electron chi connectivity index (χ2n) is 2.87. The van der Waals surface area contributed by atoms with Gasteiger partial charge >= 0.3 is 0 Å². The van der Waals surface area contributed by atoms with Crippen LogP contribution in [0.1, 0.15) is 19.8 Å². The van der Waals surface area contributed by atoms with Crippen LogP contribution in [0.2, 0.25) is 0 Å². The molecule has 0 unspecified atom stereocenters. The number of rotatable bonds is 5. The summed E-state index contributed by atoms with van der Waals surface area (Å²) in [4.78, 5) is 0. The van der Waals surface area contributed by atoms with Crippen molar-refractivity contribution in [2.24, 2.45) is 5.92 Å². The Hall–Kier alpha value is -0.340. The molecular formula is C9H16O2. The fourth-order valence-corrected chi connectivity index (χ4v) is 1.10. The van der Waals surface area contributed by atoms with E-state index in [1.165, 1.54) is 0 Å². The fourth-order valence-electron chi connectivity index (χ4n) is 1.10. The molecule has 1 aliphatic carbocycles. The molecule has 1 aliphatic rings. The molecule has 1 saturated carbocycles. The normalized spacial score (nSPS) is 29.6. The average Bonchev–Trinajstić information content (AvgIpc) is 2.76. The maximum absolute atomic E-state index is 8.46. The Morgan fingerprint density at radius 3 is 3.09 bits per heavy atom. The van der Waals surface area contributed by atoms with Crippen molar-refractivity contribution in [2.45, 2.75) is 25.9 Å². The Labute approximate surface area is 67.9 Å². The highest BCUT2D eigenvalue weighted by Crippen LogP contribution is 2.34. The Kier molecular flexibility index (Phi) is 3.60. The molecule has 11 heavy (non-hydrogen) atoms. The molecule has 0 aromatic carbocycles. The molecule has 0 radical (unpaired) electrons. The highest BCUT2D eigenvalue weighted by Gasteiger charge is 2.35. The first-order chi connectivity index (χ1) is 5.38. The largest absolute Gasteiger partial charge is 0.394 e. The van der Waals surface area contributed by atoms with Crippen molar-refractivity contribution in [2.75, 3.05) is 13.2 Å². The second-order valence-corrected chi connectivity index (χ2v) is 2.87. The van der Waals surface area contributed by atoms with Gasteiger partial charge in [-0.05, 0) is 12.8 Å². The zero-order chi connectivity index (χ0) is 8.10. The monoisotopic (exact) mass is 156 g/mol. The van der Waals surface area contributed by atoms with Crippen molar-refractivity contribution in [3.8, 4) is 0 Å². The topological polar surface area (TPSA) is 29.5 Å². The maximum atomic E-state index is 8.46. The lowest BCUT2D eigenvalue weighted by Crippen LogP contribution is -2.01. The van der Waals surface area contributed by atoms with Crippen LogP contribution in [0.25, 0.3) is 0 Å². The molecule has 0 spiro atoms. The van der Waals surface area contributed by atoms with Crippen LogP contribution in [0.4, 0.5) is 0 Å². The molecule has 0 aromatic rings. The molecule has 1 rings (SSSR count). The molecule has 0 saturated heterocycles. The first kappa shape index (κ1) is 8.75. The van der Waals surface area contributed by atoms with Gasteiger partial charge in [-0.3, -0.25) is 0 Å². The summed E-state index contributed by atoms with van der Waals surface area (Å²) < 4.78 is 5.31. The second kappa shape index (κ2) is 4.52. The van der Waals surface area contributed by atoms with Gasteiger partial charge in [0.15, 0.2) is 0 Å². The zero-order valence-electron chi connectivity index (χ0n) is 6.99. The third-order valence-electron chi connectivity index (χ3n) is 1.82. The highest BCUT2D eigenvalue weighted by molar-refractivity contribution is 5.03. The van der Waals surface area contributed by atoms with Gasteiger partial charge < -0.3 is 9.84 Å². The van der Waals surface area contributed by atoms with Crippen molar-refractivity contribution in [1.82, 2.24) is 0 Å². The summed E-state index contributed by atoms with van der Waals surface area (Å²) in [5.74, 6) is 0.626. The van der Waals surface area contributed by atoms with Crippen molar-refractivity contribution in [1.29, 1.82) is 0 Å². The summed E-state index contributed by atoms with van der Waals surface area (Å²) >= 11 is 0. The molecule has 1 N–H and O–H groups in total. The molecule has 2 heteroatoms. The van der Waals surface area contributed by atoms with E-state index < -0.39 is 0 Å². The third kappa shape index (κ3) is 3.04. The fraction of sp³-hybridized carbons (Fsp3) is 0.778. The summed E-state index contributed by atoms with van der Waals surface area (Å²) in [6, 6.07) is 0. The molecule has 1 fully saturated rings. The van der Waals surface area contributed by atoms with Gasteiger partial charge in [0.1, 0.15) is 0 Å². The minimum atomic E-state index is 0.140. The minimum Gasteiger partial charge on any atom is -0.394 e. The van der Waals surface area contributed by atoms with Gasteiger partial charge in [0.05, 0.1) is 19.3 Å². The molecule has 0 aromatic heterocycles. The minimum absolute atomic E-state index is 0.140. The summed E-state index contributed by atoms with van der Waals surface area (Å²) in [5.41, 5.74) is 0. The van der Waals surface area contributed by atoms with Gasteiger partial charge in [0, 0.05) is 5.92 Å². The smallest absolute Gasteiger partial charge is 0.0701 e. The first-order valence-electron chi connectivity index (χ1n) is 4.27. The van der Waals surface area contributed by atoms with E-state index >= 15 is 0 Å². The van der Waals surface area contributed by atoms with E-state index in [9.17, 15) is 0 Å². The van der Waals surface area contributed by atoms with E-state index in [-0.39, 0.29) is 6.61 Å². The van der Waals surface area contributed by atoms with Gasteiger partial charge in [-0.1, -0.05) is 19.1 Å². The number of aliphatic hydroxyl groups excluding tert-OH is 1. The van der Waals surface area contributed by atoms with Gasteiger partial charge in [-0.2, -0.15) is 0 Å². The number of aliphatic hydroxyl groups is 1. The molecule has 0 amide bonds. The van der Waals surface area contributed by atoms with E-state index in [1.807, 2.05) is 0 Å². The maximum Gasteiger partial charge on any atom is 0.0701 e. The summed E-state index contributed by atoms with van der Waals surface area (Å²) in [6.07, 6.45) is 7.01. The van der Waals surface area contributed by atoms with Gasteiger partial charge in [0.2, 0.25) is 0 Å². The van der Waals surface area contributed by atoms with Crippen LogP contribution < -0.4 is 0 Å². The Bertz CT molecular complexity index is 132. The number of hydrogen-bond acceptors (Lipinski definition) is 2. The van der Waals surface area contributed by atoms with Crippen molar-refractivity contribution >= 4 is 0 Å². The zero-order valence-corrected chi connectivity index (χ0v) is 6.99. The molecule has 0 heterocycles. The van der Waals surface area contributed by atoms with E-state index in [0.29, 0.717) is 18.6 Å². The van der Waals surface area contributed by atoms with E-state index in [1.54, 1.807) is 0 Å². The lowest BCUT2D eigenvalue weighted by atomic mass is 10.3. The average molecular weight is 156 g/mol. The van der Waals surface area contributed by atoms with Gasteiger partial charge in [-0.25, -0.2) is 0 Å². The summed E-state index contributed by atoms with van der Waals surface area (Å²) in [5, 5.41) is 8.46. The lowest BCUT2D eigenvalue weighted by Gasteiger charge is -1.96. The van der Waals surface area contributed by atoms with Crippen LogP contribution in [-0.2, 0) is 4.74 Å². The van der Waals surface area contributed by atoms with Crippen LogP contribution in [0.15, 0.2) is 12.2 Å². The van der Waals surface area contributed by atoms with Crippen LogP contribution in [0, 0.1) is 5.92 Å². The van der Waals surface area contributed by atoms with Crippen molar-refractivity contribution in [3.05, 3.63) is 12.2 Å². The summed E-state index contributed by atoms with van der Waals surface area (Å²) in [7, 11) is 0. The molecule has 2 atom stereocenters. The lowest BCUT2D eigenvalue weighted by molar-refractivity contribution is 0.0760. The molecular weight excluding hydrogens is 140 g/mol. The van der Waals surface area contributed by atoms with Crippen LogP contribution >= 0.6 is 0 Å². The highest BCUT2D eigenvalue weighted by atomic mass is 16.5. The predicted molar refractivity (Wildman–Crippen MR) is 44.4 cm³/mol. The SMILES string of the molecule is CC/C=C/[C@@H]1C[C@H]1OCCO. The standard InChI is InChI=1S/C9H16O2/c1-2-3-4-8-7-9(8)11-6-5-10/h3-4,8-10H,2,5-7H2,1H3/b4-3+/t8-,9-/m1/s1. The molecule has 0 bridgehead atoms. The molecule has 0 aliphatic heterocycles. The van der Waals surface area contributed by atoms with E-state index in [2.05, 4.69) is 19.1 Å². The quantitative estimate of drug-likeness (QED) is 0.609. The van der Waals surface area contributed by atoms with Crippen LogP contribution in [0.5, 0.6) is 0 Å². The van der Waals surface area contributed by atoms with Crippen molar-refractivity contribution in [3.63, 3.8) is 0 Å². The summed E-state index contributed by atoms with van der Waals surface area (Å²) in [6.45, 7) is 2.75. The molecule has 64 valence electrons. The van der Waals surface area contributed by atoms with Crippen molar-refractivity contribution < 1.29 is 9.84 Å². The Morgan fingerprint density at radius 1 is 1.64 bits per heavy atom. The molecule has 2 nitrogen and oxygen atoms in total. The Balaban J connectivity index is 2.02.